The van der Waals surface area contributed by atoms with Crippen LogP contribution in [0, 0.1) is 11.7 Å². The van der Waals surface area contributed by atoms with Crippen LogP contribution >= 0.6 is 11.8 Å². The lowest BCUT2D eigenvalue weighted by Crippen LogP contribution is -2.22. The molecule has 0 aromatic heterocycles. The molecule has 2 heterocycles. The van der Waals surface area contributed by atoms with Crippen LogP contribution in [-0.4, -0.2) is 23.4 Å². The fourth-order valence-electron chi connectivity index (χ4n) is 2.45. The van der Waals surface area contributed by atoms with E-state index in [1.807, 2.05) is 0 Å². The summed E-state index contributed by atoms with van der Waals surface area (Å²) in [5.74, 6) is 2.56. The van der Waals surface area contributed by atoms with Crippen LogP contribution in [0.15, 0.2) is 18.2 Å². The lowest BCUT2D eigenvalue weighted by molar-refractivity contribution is -0.119. The summed E-state index contributed by atoms with van der Waals surface area (Å²) in [6, 6.07) is 4.62. The number of hydrogen-bond donors (Lipinski definition) is 0. The van der Waals surface area contributed by atoms with E-state index in [2.05, 4.69) is 0 Å². The van der Waals surface area contributed by atoms with Crippen LogP contribution in [0.2, 0.25) is 0 Å². The molecule has 2 aliphatic heterocycles. The highest BCUT2D eigenvalue weighted by atomic mass is 32.2. The first-order valence-corrected chi connectivity index (χ1v) is 6.93. The predicted octanol–water partition coefficient (Wildman–Crippen LogP) is 2.45. The van der Waals surface area contributed by atoms with Crippen molar-refractivity contribution in [1.29, 1.82) is 0 Å². The molecule has 2 atom stereocenters. The third-order valence-corrected chi connectivity index (χ3v) is 4.46. The number of hydrogen-bond acceptors (Lipinski definition) is 3. The molecule has 2 nitrogen and oxygen atoms in total. The fourth-order valence-corrected chi connectivity index (χ4v) is 3.61. The van der Waals surface area contributed by atoms with Crippen LogP contribution in [0.4, 0.5) is 4.39 Å². The Bertz CT molecular complexity index is 461. The summed E-state index contributed by atoms with van der Waals surface area (Å²) in [4.78, 5) is 11.6. The molecule has 2 aliphatic rings. The number of rotatable bonds is 2. The van der Waals surface area contributed by atoms with E-state index in [1.54, 1.807) is 17.8 Å². The van der Waals surface area contributed by atoms with Gasteiger partial charge in [0.05, 0.1) is 5.75 Å². The lowest BCUT2D eigenvalue weighted by atomic mass is 9.97. The Balaban J connectivity index is 1.68. The van der Waals surface area contributed by atoms with Crippen molar-refractivity contribution in [2.45, 2.75) is 18.9 Å². The van der Waals surface area contributed by atoms with Crippen molar-refractivity contribution in [3.63, 3.8) is 0 Å². The van der Waals surface area contributed by atoms with Crippen molar-refractivity contribution in [1.82, 2.24) is 0 Å². The number of benzene rings is 1. The number of carbonyl (C=O) groups is 1. The van der Waals surface area contributed by atoms with Crippen LogP contribution in [-0.2, 0) is 11.2 Å². The van der Waals surface area contributed by atoms with E-state index in [9.17, 15) is 9.18 Å². The molecule has 0 aliphatic carbocycles. The highest BCUT2D eigenvalue weighted by Gasteiger charge is 2.31. The average Bonchev–Trinajstić information content (AvgIpc) is 2.85. The summed E-state index contributed by atoms with van der Waals surface area (Å²) < 4.78 is 18.8. The van der Waals surface area contributed by atoms with Crippen molar-refractivity contribution in [2.75, 3.05) is 11.5 Å². The van der Waals surface area contributed by atoms with E-state index >= 15 is 0 Å². The van der Waals surface area contributed by atoms with E-state index in [-0.39, 0.29) is 17.8 Å². The van der Waals surface area contributed by atoms with Gasteiger partial charge in [-0.3, -0.25) is 4.79 Å². The molecule has 0 bridgehead atoms. The van der Waals surface area contributed by atoms with Gasteiger partial charge >= 0.3 is 0 Å². The molecular formula is C13H13FO2S. The van der Waals surface area contributed by atoms with Crippen LogP contribution in [0.5, 0.6) is 5.75 Å². The first-order valence-electron chi connectivity index (χ1n) is 5.78. The maximum absolute atomic E-state index is 13.0. The second-order valence-electron chi connectivity index (χ2n) is 4.61. The van der Waals surface area contributed by atoms with Crippen molar-refractivity contribution in [3.8, 4) is 5.75 Å². The smallest absolute Gasteiger partial charge is 0.146 e. The van der Waals surface area contributed by atoms with E-state index in [0.717, 1.165) is 29.9 Å². The fraction of sp³-hybridized carbons (Fsp3) is 0.462. The number of carbonyl (C=O) groups excluding carboxylic acids is 1. The molecule has 1 saturated heterocycles. The Morgan fingerprint density at radius 1 is 1.47 bits per heavy atom. The molecule has 90 valence electrons. The van der Waals surface area contributed by atoms with Gasteiger partial charge in [-0.15, -0.1) is 0 Å². The number of Topliss-reactive ketones (excluding diaryl/α,β-unsaturated/α-hetero) is 1. The van der Waals surface area contributed by atoms with Gasteiger partial charge in [-0.05, 0) is 24.6 Å². The molecule has 2 unspecified atom stereocenters. The van der Waals surface area contributed by atoms with Crippen LogP contribution in [0.1, 0.15) is 12.0 Å². The molecular weight excluding hydrogens is 239 g/mol. The zero-order valence-electron chi connectivity index (χ0n) is 9.32. The van der Waals surface area contributed by atoms with Gasteiger partial charge in [0.1, 0.15) is 23.5 Å². The van der Waals surface area contributed by atoms with Crippen LogP contribution in [0.3, 0.4) is 0 Å². The van der Waals surface area contributed by atoms with Crippen LogP contribution in [0.25, 0.3) is 0 Å². The van der Waals surface area contributed by atoms with Crippen molar-refractivity contribution in [2.24, 2.45) is 5.92 Å². The minimum absolute atomic E-state index is 0.0412. The molecule has 3 rings (SSSR count). The minimum Gasteiger partial charge on any atom is -0.490 e. The number of ether oxygens (including phenoxy) is 1. The zero-order valence-corrected chi connectivity index (χ0v) is 10.1. The maximum atomic E-state index is 13.0. The molecule has 17 heavy (non-hydrogen) atoms. The van der Waals surface area contributed by atoms with Gasteiger partial charge in [-0.2, -0.15) is 11.8 Å². The van der Waals surface area contributed by atoms with E-state index in [0.29, 0.717) is 11.5 Å². The van der Waals surface area contributed by atoms with Gasteiger partial charge in [-0.1, -0.05) is 0 Å². The SMILES string of the molecule is O=C1CSCC1CC1Cc2cc(F)ccc2O1. The molecule has 1 aromatic carbocycles. The molecule has 0 radical (unpaired) electrons. The summed E-state index contributed by atoms with van der Waals surface area (Å²) in [6.45, 7) is 0. The lowest BCUT2D eigenvalue weighted by Gasteiger charge is -2.13. The third-order valence-electron chi connectivity index (χ3n) is 3.33. The van der Waals surface area contributed by atoms with Crippen molar-refractivity contribution in [3.05, 3.63) is 29.6 Å². The number of halogens is 1. The standard InChI is InChI=1S/C13H13FO2S/c14-10-1-2-13-8(3-10)4-11(16-13)5-9-6-17-7-12(9)15/h1-3,9,11H,4-7H2. The first kappa shape index (κ1) is 11.1. The van der Waals surface area contributed by atoms with Gasteiger partial charge in [-0.25, -0.2) is 4.39 Å². The highest BCUT2D eigenvalue weighted by molar-refractivity contribution is 8.00. The maximum Gasteiger partial charge on any atom is 0.146 e. The monoisotopic (exact) mass is 252 g/mol. The van der Waals surface area contributed by atoms with Gasteiger partial charge in [0.15, 0.2) is 0 Å². The molecule has 0 N–H and O–H groups in total. The van der Waals surface area contributed by atoms with Crippen molar-refractivity contribution >= 4 is 17.5 Å². The topological polar surface area (TPSA) is 26.3 Å². The third kappa shape index (κ3) is 2.18. The summed E-state index contributed by atoms with van der Waals surface area (Å²) >= 11 is 1.69. The number of thioether (sulfide) groups is 1. The van der Waals surface area contributed by atoms with Gasteiger partial charge < -0.3 is 4.74 Å². The zero-order chi connectivity index (χ0) is 11.8. The molecule has 0 spiro atoms. The molecule has 0 saturated carbocycles. The van der Waals surface area contributed by atoms with Gasteiger partial charge in [0, 0.05) is 23.7 Å². The Morgan fingerprint density at radius 3 is 3.12 bits per heavy atom. The van der Waals surface area contributed by atoms with Gasteiger partial charge in [0.25, 0.3) is 0 Å². The Kier molecular flexibility index (Phi) is 2.82. The van der Waals surface area contributed by atoms with E-state index in [4.69, 9.17) is 4.74 Å². The second-order valence-corrected chi connectivity index (χ2v) is 5.64. The predicted molar refractivity (Wildman–Crippen MR) is 65.0 cm³/mol. The molecule has 4 heteroatoms. The molecule has 1 aromatic rings. The normalized spacial score (nSPS) is 27.0. The highest BCUT2D eigenvalue weighted by Crippen LogP contribution is 2.34. The Labute approximate surface area is 104 Å². The molecule has 0 amide bonds. The minimum atomic E-state index is -0.222. The van der Waals surface area contributed by atoms with Crippen molar-refractivity contribution < 1.29 is 13.9 Å². The summed E-state index contributed by atoms with van der Waals surface area (Å²) in [7, 11) is 0. The number of ketones is 1. The summed E-state index contributed by atoms with van der Waals surface area (Å²) in [6.07, 6.45) is 1.53. The second kappa shape index (κ2) is 4.33. The molecule has 1 fully saturated rings. The summed E-state index contributed by atoms with van der Waals surface area (Å²) in [5.41, 5.74) is 0.924. The Hall–Kier alpha value is -1.03. The largest absolute Gasteiger partial charge is 0.490 e. The quantitative estimate of drug-likeness (QED) is 0.808. The van der Waals surface area contributed by atoms with Crippen LogP contribution < -0.4 is 4.74 Å². The van der Waals surface area contributed by atoms with E-state index < -0.39 is 0 Å². The number of fused-ring (bicyclic) bond motifs is 1. The van der Waals surface area contributed by atoms with E-state index in [1.165, 1.54) is 12.1 Å². The average molecular weight is 252 g/mol. The van der Waals surface area contributed by atoms with Gasteiger partial charge in [0.2, 0.25) is 0 Å². The first-order chi connectivity index (χ1) is 8.22. The Morgan fingerprint density at radius 2 is 2.35 bits per heavy atom. The summed E-state index contributed by atoms with van der Waals surface area (Å²) in [5, 5.41) is 0.